The quantitative estimate of drug-likeness (QED) is 0.0376. The van der Waals surface area contributed by atoms with E-state index in [0.29, 0.717) is 48.6 Å². The Balaban J connectivity index is 1.86. The summed E-state index contributed by atoms with van der Waals surface area (Å²) in [6.07, 6.45) is 6.15. The maximum absolute atomic E-state index is 14.3. The predicted octanol–water partition coefficient (Wildman–Crippen LogP) is 1.95. The second-order valence-electron chi connectivity index (χ2n) is 17.2. The van der Waals surface area contributed by atoms with E-state index in [4.69, 9.17) is 9.66 Å². The molecule has 5 atom stereocenters. The molecule has 7 amide bonds. The van der Waals surface area contributed by atoms with Crippen molar-refractivity contribution in [1.29, 1.82) is 0 Å². The van der Waals surface area contributed by atoms with Gasteiger partial charge in [0.2, 0.25) is 41.4 Å². The minimum atomic E-state index is -4.84. The van der Waals surface area contributed by atoms with Crippen molar-refractivity contribution >= 4 is 98.1 Å². The molecule has 26 heteroatoms. The van der Waals surface area contributed by atoms with Crippen LogP contribution in [0.4, 0.5) is 0 Å². The number of amides is 7. The molecule has 3 rings (SSSR count). The number of hydrogen-bond donors (Lipinski definition) is 10. The van der Waals surface area contributed by atoms with Gasteiger partial charge in [-0.2, -0.15) is 31.9 Å². The Bertz CT molecular complexity index is 2480. The molecular formula is C48H68N8O15S3. The first-order valence-electron chi connectivity index (χ1n) is 24.0. The Morgan fingerprint density at radius 2 is 1.20 bits per heavy atom. The summed E-state index contributed by atoms with van der Waals surface area (Å²) < 4.78 is 35.8. The molecular weight excluding hydrogens is 1020 g/mol. The van der Waals surface area contributed by atoms with Gasteiger partial charge >= 0.3 is 22.3 Å². The van der Waals surface area contributed by atoms with Crippen LogP contribution in [0.3, 0.4) is 0 Å². The Kier molecular flexibility index (Phi) is 26.8. The van der Waals surface area contributed by atoms with Crippen LogP contribution in [0.5, 0.6) is 5.75 Å². The summed E-state index contributed by atoms with van der Waals surface area (Å²) in [4.78, 5) is 124. The molecule has 1 aromatic heterocycles. The van der Waals surface area contributed by atoms with Crippen LogP contribution in [0.1, 0.15) is 82.8 Å². The number of thioether (sulfide) groups is 2. The van der Waals surface area contributed by atoms with Gasteiger partial charge in [0, 0.05) is 49.5 Å². The highest BCUT2D eigenvalue weighted by atomic mass is 32.3. The third-order valence-corrected chi connectivity index (χ3v) is 13.0. The zero-order chi connectivity index (χ0) is 54.8. The molecule has 1 heterocycles. The van der Waals surface area contributed by atoms with Crippen LogP contribution in [-0.4, -0.2) is 160 Å². The number of aromatic nitrogens is 1. The lowest BCUT2D eigenvalue weighted by Gasteiger charge is -2.29. The molecule has 408 valence electrons. The van der Waals surface area contributed by atoms with E-state index in [2.05, 4.69) is 41.1 Å². The van der Waals surface area contributed by atoms with E-state index in [1.165, 1.54) is 47.8 Å². The Morgan fingerprint density at radius 1 is 0.662 bits per heavy atom. The molecule has 0 saturated carbocycles. The number of carbonyl (C=O) groups is 9. The molecule has 2 aromatic carbocycles. The minimum absolute atomic E-state index is 0.0429. The summed E-state index contributed by atoms with van der Waals surface area (Å²) in [5.41, 5.74) is 1.72. The number of aliphatic carboxylic acids is 2. The number of carboxylic acid groups (broad SMARTS) is 2. The normalized spacial score (nSPS) is 13.3. The first kappa shape index (κ1) is 61.9. The third-order valence-electron chi connectivity index (χ3n) is 11.3. The molecule has 0 aliphatic carbocycles. The Morgan fingerprint density at radius 3 is 1.76 bits per heavy atom. The monoisotopic (exact) mass is 1090 g/mol. The smallest absolute Gasteiger partial charge is 0.446 e. The van der Waals surface area contributed by atoms with Crippen molar-refractivity contribution < 1.29 is 70.5 Å². The zero-order valence-corrected chi connectivity index (χ0v) is 44.3. The van der Waals surface area contributed by atoms with Crippen LogP contribution in [0, 0.1) is 0 Å². The van der Waals surface area contributed by atoms with Gasteiger partial charge in [0.15, 0.2) is 0 Å². The third kappa shape index (κ3) is 22.4. The zero-order valence-electron chi connectivity index (χ0n) is 41.8. The lowest BCUT2D eigenvalue weighted by Crippen LogP contribution is -2.58. The second-order valence-corrected chi connectivity index (χ2v) is 20.1. The lowest BCUT2D eigenvalue weighted by molar-refractivity contribution is -0.144. The van der Waals surface area contributed by atoms with Gasteiger partial charge in [-0.15, -0.1) is 0 Å². The molecule has 0 bridgehead atoms. The fourth-order valence-electron chi connectivity index (χ4n) is 7.45. The molecule has 10 N–H and O–H groups in total. The predicted molar refractivity (Wildman–Crippen MR) is 279 cm³/mol. The number of benzene rings is 2. The molecule has 0 unspecified atom stereocenters. The summed E-state index contributed by atoms with van der Waals surface area (Å²) >= 11 is 2.72. The first-order chi connectivity index (χ1) is 35.2. The molecule has 23 nitrogen and oxygen atoms in total. The largest absolute Gasteiger partial charge is 0.481 e. The number of unbranched alkanes of at least 4 members (excludes halogenated alkanes) is 2. The molecule has 0 aliphatic heterocycles. The van der Waals surface area contributed by atoms with E-state index in [1.807, 2.05) is 26.0 Å². The summed E-state index contributed by atoms with van der Waals surface area (Å²) in [5, 5.41) is 35.1. The molecule has 0 aliphatic rings. The van der Waals surface area contributed by atoms with Gasteiger partial charge in [-0.1, -0.05) is 57.0 Å². The number of hydrogen-bond acceptors (Lipinski definition) is 14. The van der Waals surface area contributed by atoms with E-state index in [9.17, 15) is 56.7 Å². The van der Waals surface area contributed by atoms with Crippen LogP contribution in [0.25, 0.3) is 10.9 Å². The summed E-state index contributed by atoms with van der Waals surface area (Å²) in [6.45, 7) is 3.95. The van der Waals surface area contributed by atoms with Gasteiger partial charge in [-0.05, 0) is 79.0 Å². The van der Waals surface area contributed by atoms with Crippen LogP contribution in [0.15, 0.2) is 54.7 Å². The Labute approximate surface area is 438 Å². The fourth-order valence-corrected chi connectivity index (χ4v) is 8.75. The van der Waals surface area contributed by atoms with Crippen molar-refractivity contribution in [3.8, 4) is 5.75 Å². The highest BCUT2D eigenvalue weighted by molar-refractivity contribution is 7.98. The van der Waals surface area contributed by atoms with E-state index < -0.39 is 120 Å². The average molecular weight is 1090 g/mol. The van der Waals surface area contributed by atoms with Crippen molar-refractivity contribution in [2.75, 3.05) is 43.7 Å². The van der Waals surface area contributed by atoms with Gasteiger partial charge in [0.25, 0.3) is 0 Å². The summed E-state index contributed by atoms with van der Waals surface area (Å²) in [5.74, 6) is -7.59. The van der Waals surface area contributed by atoms with Crippen molar-refractivity contribution in [3.05, 3.63) is 65.9 Å². The van der Waals surface area contributed by atoms with Crippen molar-refractivity contribution in [2.24, 2.45) is 0 Å². The van der Waals surface area contributed by atoms with Crippen LogP contribution < -0.4 is 36.1 Å². The minimum Gasteiger partial charge on any atom is -0.481 e. The molecule has 0 fully saturated rings. The van der Waals surface area contributed by atoms with E-state index >= 15 is 0 Å². The maximum atomic E-state index is 14.3. The first-order valence-corrected chi connectivity index (χ1v) is 28.1. The van der Waals surface area contributed by atoms with Crippen molar-refractivity contribution in [3.63, 3.8) is 0 Å². The van der Waals surface area contributed by atoms with Crippen molar-refractivity contribution in [1.82, 2.24) is 41.8 Å². The van der Waals surface area contributed by atoms with Gasteiger partial charge in [-0.3, -0.25) is 47.7 Å². The van der Waals surface area contributed by atoms with Gasteiger partial charge in [0.1, 0.15) is 36.0 Å². The maximum Gasteiger partial charge on any atom is 0.446 e. The summed E-state index contributed by atoms with van der Waals surface area (Å²) in [7, 11) is -4.84. The van der Waals surface area contributed by atoms with Crippen molar-refractivity contribution in [2.45, 2.75) is 115 Å². The number of carbonyl (C=O) groups excluding carboxylic acids is 7. The van der Waals surface area contributed by atoms with Gasteiger partial charge in [0.05, 0.1) is 19.4 Å². The Hall–Kier alpha value is -6.38. The molecule has 0 spiro atoms. The van der Waals surface area contributed by atoms with Crippen LogP contribution in [0.2, 0.25) is 0 Å². The average Bonchev–Trinajstić information content (AvgIpc) is 3.76. The van der Waals surface area contributed by atoms with Crippen LogP contribution in [-0.2, 0) is 66.4 Å². The van der Waals surface area contributed by atoms with Gasteiger partial charge in [-0.25, -0.2) is 0 Å². The number of fused-ring (bicyclic) bond motifs is 1. The molecule has 3 aromatic rings. The highest BCUT2D eigenvalue weighted by Crippen LogP contribution is 2.20. The SMILES string of the molecule is CCCCN(CCCC)C(=O)[C@H](CC(=O)O)NC(=O)[C@H](CCSC)NC(=O)[C@H](Cc1c[nH]c2ccccc12)NC(=O)CNC(=O)[C@H](CCSC)NC(=O)[C@H](Cc1ccc(OS(=O)(=O)O)cc1)NC(=O)CCC(=O)O. The number of nitrogens with zero attached hydrogens (tertiary/aromatic N) is 1. The van der Waals surface area contributed by atoms with Crippen LogP contribution >= 0.6 is 23.5 Å². The topological polar surface area (TPSA) is 349 Å². The molecule has 74 heavy (non-hydrogen) atoms. The van der Waals surface area contributed by atoms with E-state index in [-0.39, 0.29) is 31.4 Å². The number of aromatic amines is 1. The standard InChI is InChI=1S/C48H68N8O15S3/c1-5-7-21-56(22-8-6-2)48(67)39(27-43(61)62)55-45(64)36(20-24-73-4)54-47(66)38(26-31-28-49-34-12-10-9-11-33(31)34)52-41(58)29-50-44(63)35(19-23-72-3)53-46(65)37(51-40(57)17-18-42(59)60)25-30-13-15-32(16-14-30)71-74(68,69)70/h9-16,28,35-39,49H,5-8,17-27,29H2,1-4H3,(H,50,63)(H,51,57)(H,52,58)(H,53,65)(H,54,66)(H,55,64)(H,59,60)(H,61,62)(H,68,69,70)/t35-,36-,37-,38-,39-/m0/s1. The number of H-pyrrole nitrogens is 1. The van der Waals surface area contributed by atoms with Gasteiger partial charge < -0.3 is 56.2 Å². The number of nitrogens with one attached hydrogen (secondary N) is 7. The highest BCUT2D eigenvalue weighted by Gasteiger charge is 2.34. The fraction of sp³-hybridized carbons (Fsp3) is 0.521. The number of rotatable bonds is 35. The van der Waals surface area contributed by atoms with E-state index in [1.54, 1.807) is 35.7 Å². The second kappa shape index (κ2) is 32.0. The number of para-hydroxylation sites is 1. The lowest BCUT2D eigenvalue weighted by atomic mass is 10.0. The van der Waals surface area contributed by atoms with E-state index in [0.717, 1.165) is 23.7 Å². The summed E-state index contributed by atoms with van der Waals surface area (Å²) in [6, 6.07) is 5.55. The molecule has 0 radical (unpaired) electrons. The number of carboxylic acids is 2. The molecule has 0 saturated heterocycles.